The van der Waals surface area contributed by atoms with E-state index in [1.165, 1.54) is 4.70 Å². The molecule has 2 aromatic rings. The molecule has 0 spiro atoms. The van der Waals surface area contributed by atoms with Gasteiger partial charge in [-0.05, 0) is 18.4 Å². The molecule has 0 aliphatic rings. The number of fused-ring (bicyclic) bond motifs is 1. The van der Waals surface area contributed by atoms with E-state index in [9.17, 15) is 0 Å². The Bertz CT molecular complexity index is 443. The topological polar surface area (TPSA) is 29.0 Å². The van der Waals surface area contributed by atoms with Crippen LogP contribution in [0.2, 0.25) is 0 Å². The Morgan fingerprint density at radius 3 is 3.07 bits per heavy atom. The van der Waals surface area contributed by atoms with Crippen molar-refractivity contribution in [1.29, 1.82) is 0 Å². The highest BCUT2D eigenvalue weighted by atomic mass is 79.9. The molecule has 2 heterocycles. The first-order valence-electron chi connectivity index (χ1n) is 4.86. The van der Waals surface area contributed by atoms with Crippen LogP contribution in [0.15, 0.2) is 17.8 Å². The number of aromatic nitrogens is 2. The third kappa shape index (κ3) is 2.13. The monoisotopic (exact) mass is 285 g/mol. The fourth-order valence-corrected chi connectivity index (χ4v) is 2.81. The maximum Gasteiger partial charge on any atom is 0.150 e. The second kappa shape index (κ2) is 4.90. The molecule has 2 rings (SSSR count). The van der Waals surface area contributed by atoms with Crippen LogP contribution in [0.4, 0.5) is 5.82 Å². The fraction of sp³-hybridized carbons (Fsp3) is 0.400. The number of rotatable bonds is 4. The van der Waals surface area contributed by atoms with E-state index in [0.29, 0.717) is 0 Å². The van der Waals surface area contributed by atoms with E-state index in [1.807, 2.05) is 6.07 Å². The van der Waals surface area contributed by atoms with E-state index < -0.39 is 0 Å². The van der Waals surface area contributed by atoms with Crippen molar-refractivity contribution in [3.63, 3.8) is 0 Å². The van der Waals surface area contributed by atoms with E-state index in [-0.39, 0.29) is 0 Å². The number of thiophene rings is 1. The van der Waals surface area contributed by atoms with Crippen LogP contribution in [0.1, 0.15) is 6.92 Å². The minimum absolute atomic E-state index is 0.956. The van der Waals surface area contributed by atoms with Gasteiger partial charge in [0.1, 0.15) is 12.1 Å². The number of hydrogen-bond donors (Lipinski definition) is 0. The van der Waals surface area contributed by atoms with E-state index in [4.69, 9.17) is 0 Å². The molecular weight excluding hydrogens is 274 g/mol. The molecule has 0 bridgehead atoms. The molecule has 0 atom stereocenters. The molecule has 0 saturated heterocycles. The van der Waals surface area contributed by atoms with Crippen LogP contribution in [-0.2, 0) is 0 Å². The summed E-state index contributed by atoms with van der Waals surface area (Å²) < 4.78 is 1.18. The summed E-state index contributed by atoms with van der Waals surface area (Å²) in [6.07, 6.45) is 1.64. The summed E-state index contributed by atoms with van der Waals surface area (Å²) in [7, 11) is 0. The van der Waals surface area contributed by atoms with Crippen molar-refractivity contribution < 1.29 is 0 Å². The first-order chi connectivity index (χ1) is 7.36. The molecular formula is C10H12BrN3S. The Morgan fingerprint density at radius 2 is 2.33 bits per heavy atom. The molecule has 0 radical (unpaired) electrons. The summed E-state index contributed by atoms with van der Waals surface area (Å²) in [4.78, 5) is 10.9. The van der Waals surface area contributed by atoms with E-state index in [1.54, 1.807) is 17.7 Å². The van der Waals surface area contributed by atoms with Crippen molar-refractivity contribution in [2.75, 3.05) is 23.3 Å². The van der Waals surface area contributed by atoms with E-state index >= 15 is 0 Å². The lowest BCUT2D eigenvalue weighted by Gasteiger charge is -2.20. The minimum Gasteiger partial charge on any atom is -0.355 e. The Kier molecular flexibility index (Phi) is 3.53. The number of halogens is 1. The maximum absolute atomic E-state index is 4.37. The zero-order valence-electron chi connectivity index (χ0n) is 8.48. The molecule has 2 aromatic heterocycles. The number of nitrogens with zero attached hydrogens (tertiary/aromatic N) is 3. The van der Waals surface area contributed by atoms with Gasteiger partial charge >= 0.3 is 0 Å². The van der Waals surface area contributed by atoms with Crippen molar-refractivity contribution in [3.05, 3.63) is 17.8 Å². The molecule has 0 unspecified atom stereocenters. The molecule has 3 nitrogen and oxygen atoms in total. The average Bonchev–Trinajstić information content (AvgIpc) is 2.73. The minimum atomic E-state index is 0.956. The van der Waals surface area contributed by atoms with Crippen LogP contribution < -0.4 is 4.90 Å². The molecule has 15 heavy (non-hydrogen) atoms. The number of hydrogen-bond acceptors (Lipinski definition) is 4. The van der Waals surface area contributed by atoms with Crippen LogP contribution in [0.25, 0.3) is 10.2 Å². The van der Waals surface area contributed by atoms with Gasteiger partial charge in [0.2, 0.25) is 0 Å². The number of alkyl halides is 1. The predicted molar refractivity (Wildman–Crippen MR) is 69.1 cm³/mol. The van der Waals surface area contributed by atoms with Crippen molar-refractivity contribution >= 4 is 43.3 Å². The molecule has 0 aliphatic carbocycles. The van der Waals surface area contributed by atoms with Crippen molar-refractivity contribution in [2.24, 2.45) is 0 Å². The zero-order valence-corrected chi connectivity index (χ0v) is 10.9. The lowest BCUT2D eigenvalue weighted by atomic mass is 10.4. The molecule has 80 valence electrons. The van der Waals surface area contributed by atoms with E-state index in [0.717, 1.165) is 29.8 Å². The standard InChI is InChI=1S/C10H12BrN3S/c1-2-14(5-4-11)10-9-8(3-6-15-9)12-7-13-10/h3,6-7H,2,4-5H2,1H3. The SMILES string of the molecule is CCN(CCBr)c1ncnc2ccsc12. The summed E-state index contributed by atoms with van der Waals surface area (Å²) in [5.74, 6) is 1.05. The first kappa shape index (κ1) is 10.8. The maximum atomic E-state index is 4.37. The summed E-state index contributed by atoms with van der Waals surface area (Å²) >= 11 is 5.16. The Morgan fingerprint density at radius 1 is 1.47 bits per heavy atom. The molecule has 0 aromatic carbocycles. The van der Waals surface area contributed by atoms with Gasteiger partial charge in [-0.3, -0.25) is 0 Å². The normalized spacial score (nSPS) is 10.8. The van der Waals surface area contributed by atoms with Gasteiger partial charge in [-0.2, -0.15) is 0 Å². The van der Waals surface area contributed by atoms with Crippen molar-refractivity contribution in [1.82, 2.24) is 9.97 Å². The Labute approximate surface area is 101 Å². The summed E-state index contributed by atoms with van der Waals surface area (Å²) in [6, 6.07) is 2.03. The van der Waals surface area contributed by atoms with Crippen molar-refractivity contribution in [2.45, 2.75) is 6.92 Å². The summed E-state index contributed by atoms with van der Waals surface area (Å²) in [6.45, 7) is 4.08. The summed E-state index contributed by atoms with van der Waals surface area (Å²) in [5.41, 5.74) is 1.04. The molecule has 5 heteroatoms. The van der Waals surface area contributed by atoms with Gasteiger partial charge in [0.05, 0.1) is 10.2 Å². The smallest absolute Gasteiger partial charge is 0.150 e. The molecule has 0 saturated carbocycles. The highest BCUT2D eigenvalue weighted by Gasteiger charge is 2.10. The Hall–Kier alpha value is -0.680. The van der Waals surface area contributed by atoms with Crippen molar-refractivity contribution in [3.8, 4) is 0 Å². The second-order valence-corrected chi connectivity index (χ2v) is 4.81. The first-order valence-corrected chi connectivity index (χ1v) is 6.86. The molecule has 0 fully saturated rings. The lowest BCUT2D eigenvalue weighted by Crippen LogP contribution is -2.25. The quantitative estimate of drug-likeness (QED) is 0.809. The lowest BCUT2D eigenvalue weighted by molar-refractivity contribution is 0.858. The summed E-state index contributed by atoms with van der Waals surface area (Å²) in [5, 5.41) is 3.02. The highest BCUT2D eigenvalue weighted by molar-refractivity contribution is 9.09. The van der Waals surface area contributed by atoms with Gasteiger partial charge in [0.25, 0.3) is 0 Å². The number of anilines is 1. The van der Waals surface area contributed by atoms with Crippen LogP contribution >= 0.6 is 27.3 Å². The fourth-order valence-electron chi connectivity index (χ4n) is 1.52. The molecule has 0 amide bonds. The van der Waals surface area contributed by atoms with Gasteiger partial charge in [-0.25, -0.2) is 9.97 Å². The van der Waals surface area contributed by atoms with Gasteiger partial charge in [-0.1, -0.05) is 15.9 Å². The third-order valence-electron chi connectivity index (χ3n) is 2.26. The van der Waals surface area contributed by atoms with Crippen LogP contribution in [0.3, 0.4) is 0 Å². The highest BCUT2D eigenvalue weighted by Crippen LogP contribution is 2.27. The predicted octanol–water partition coefficient (Wildman–Crippen LogP) is 2.91. The van der Waals surface area contributed by atoms with Gasteiger partial charge in [0, 0.05) is 18.4 Å². The van der Waals surface area contributed by atoms with E-state index in [2.05, 4.69) is 43.1 Å². The van der Waals surface area contributed by atoms with Gasteiger partial charge < -0.3 is 4.90 Å². The zero-order chi connectivity index (χ0) is 10.7. The average molecular weight is 286 g/mol. The van der Waals surface area contributed by atoms with Crippen LogP contribution in [0, 0.1) is 0 Å². The Balaban J connectivity index is 2.44. The van der Waals surface area contributed by atoms with Gasteiger partial charge in [-0.15, -0.1) is 11.3 Å². The molecule has 0 aliphatic heterocycles. The third-order valence-corrected chi connectivity index (χ3v) is 3.51. The molecule has 0 N–H and O–H groups in total. The van der Waals surface area contributed by atoms with Crippen LogP contribution in [0.5, 0.6) is 0 Å². The van der Waals surface area contributed by atoms with Crippen LogP contribution in [-0.4, -0.2) is 28.4 Å². The van der Waals surface area contributed by atoms with Gasteiger partial charge in [0.15, 0.2) is 0 Å². The largest absolute Gasteiger partial charge is 0.355 e. The second-order valence-electron chi connectivity index (χ2n) is 3.10.